The summed E-state index contributed by atoms with van der Waals surface area (Å²) in [5.74, 6) is 1.14. The Hall–Kier alpha value is -2.05. The molecule has 2 heterocycles. The molecular weight excluding hydrogens is 170 g/mol. The Labute approximate surface area is 73.8 Å². The lowest BCUT2D eigenvalue weighted by molar-refractivity contribution is 0.715. The van der Waals surface area contributed by atoms with E-state index in [4.69, 9.17) is 0 Å². The molecule has 7 nitrogen and oxygen atoms in total. The van der Waals surface area contributed by atoms with Gasteiger partial charge in [-0.15, -0.1) is 0 Å². The molecule has 0 aromatic carbocycles. The summed E-state index contributed by atoms with van der Waals surface area (Å²) in [4.78, 5) is 7.90. The number of nitrogens with zero attached hydrogens (tertiary/aromatic N) is 6. The molecule has 0 bridgehead atoms. The van der Waals surface area contributed by atoms with Crippen LogP contribution in [0.4, 0.5) is 11.8 Å². The molecule has 0 spiro atoms. The van der Waals surface area contributed by atoms with Crippen molar-refractivity contribution < 1.29 is 0 Å². The van der Waals surface area contributed by atoms with Gasteiger partial charge in [0.05, 0.1) is 6.20 Å². The van der Waals surface area contributed by atoms with Crippen molar-refractivity contribution in [2.24, 2.45) is 7.05 Å². The quantitative estimate of drug-likeness (QED) is 0.680. The first-order valence-corrected chi connectivity index (χ1v) is 3.61. The molecule has 0 amide bonds. The van der Waals surface area contributed by atoms with Gasteiger partial charge in [0.2, 0.25) is 5.95 Å². The van der Waals surface area contributed by atoms with Gasteiger partial charge in [0.25, 0.3) is 0 Å². The standard InChI is InChI=1S/C6H7N7/c1-13-6(10-11-12-13)9-5-4-7-2-3-8-5/h2-4H,1H3,(H,8,9,10,12). The van der Waals surface area contributed by atoms with Crippen molar-refractivity contribution in [2.45, 2.75) is 0 Å². The van der Waals surface area contributed by atoms with E-state index in [1.165, 1.54) is 4.68 Å². The molecule has 13 heavy (non-hydrogen) atoms. The van der Waals surface area contributed by atoms with Crippen molar-refractivity contribution >= 4 is 11.8 Å². The van der Waals surface area contributed by atoms with E-state index in [0.29, 0.717) is 11.8 Å². The molecule has 0 aliphatic carbocycles. The van der Waals surface area contributed by atoms with E-state index in [1.54, 1.807) is 25.6 Å². The lowest BCUT2D eigenvalue weighted by Crippen LogP contribution is -2.01. The smallest absolute Gasteiger partial charge is 0.248 e. The van der Waals surface area contributed by atoms with Crippen LogP contribution in [0.5, 0.6) is 0 Å². The lowest BCUT2D eigenvalue weighted by atomic mass is 10.6. The normalized spacial score (nSPS) is 9.92. The topological polar surface area (TPSA) is 81.4 Å². The van der Waals surface area contributed by atoms with Gasteiger partial charge in [-0.25, -0.2) is 9.67 Å². The van der Waals surface area contributed by atoms with Crippen molar-refractivity contribution in [1.82, 2.24) is 30.2 Å². The van der Waals surface area contributed by atoms with Crippen LogP contribution >= 0.6 is 0 Å². The second-order valence-electron chi connectivity index (χ2n) is 2.34. The highest BCUT2D eigenvalue weighted by molar-refractivity contribution is 5.44. The number of tetrazole rings is 1. The molecular formula is C6H7N7. The van der Waals surface area contributed by atoms with Crippen molar-refractivity contribution in [1.29, 1.82) is 0 Å². The van der Waals surface area contributed by atoms with Gasteiger partial charge in [-0.3, -0.25) is 4.98 Å². The van der Waals surface area contributed by atoms with E-state index >= 15 is 0 Å². The molecule has 0 unspecified atom stereocenters. The van der Waals surface area contributed by atoms with Gasteiger partial charge >= 0.3 is 0 Å². The first kappa shape index (κ1) is 7.59. The monoisotopic (exact) mass is 177 g/mol. The molecule has 2 aromatic rings. The maximum atomic E-state index is 4.01. The minimum Gasteiger partial charge on any atom is -0.306 e. The zero-order valence-electron chi connectivity index (χ0n) is 6.92. The Bertz CT molecular complexity index is 381. The van der Waals surface area contributed by atoms with E-state index in [2.05, 4.69) is 30.8 Å². The first-order chi connectivity index (χ1) is 6.36. The van der Waals surface area contributed by atoms with Crippen LogP contribution in [0.2, 0.25) is 0 Å². The SMILES string of the molecule is Cn1nnnc1Nc1cnccn1. The van der Waals surface area contributed by atoms with Crippen LogP contribution in [-0.2, 0) is 7.05 Å². The molecule has 0 aliphatic rings. The fourth-order valence-electron chi connectivity index (χ4n) is 0.814. The molecule has 0 radical (unpaired) electrons. The Morgan fingerprint density at radius 1 is 1.38 bits per heavy atom. The van der Waals surface area contributed by atoms with Crippen LogP contribution in [0.15, 0.2) is 18.6 Å². The Balaban J connectivity index is 2.20. The van der Waals surface area contributed by atoms with Crippen LogP contribution in [0, 0.1) is 0 Å². The number of hydrogen-bond acceptors (Lipinski definition) is 6. The van der Waals surface area contributed by atoms with Gasteiger partial charge in [-0.1, -0.05) is 5.10 Å². The van der Waals surface area contributed by atoms with E-state index in [-0.39, 0.29) is 0 Å². The summed E-state index contributed by atoms with van der Waals surface area (Å²) in [6.07, 6.45) is 4.78. The highest BCUT2D eigenvalue weighted by Gasteiger charge is 2.01. The number of aryl methyl sites for hydroxylation is 1. The third-order valence-corrected chi connectivity index (χ3v) is 1.42. The number of aromatic nitrogens is 6. The largest absolute Gasteiger partial charge is 0.306 e. The molecule has 0 saturated carbocycles. The minimum atomic E-state index is 0.528. The van der Waals surface area contributed by atoms with Crippen molar-refractivity contribution in [3.63, 3.8) is 0 Å². The number of hydrogen-bond donors (Lipinski definition) is 1. The Morgan fingerprint density at radius 3 is 2.92 bits per heavy atom. The molecule has 2 rings (SSSR count). The summed E-state index contributed by atoms with van der Waals surface area (Å²) in [7, 11) is 1.73. The van der Waals surface area contributed by atoms with Crippen molar-refractivity contribution in [3.8, 4) is 0 Å². The summed E-state index contributed by atoms with van der Waals surface area (Å²) in [5.41, 5.74) is 0. The second kappa shape index (κ2) is 3.13. The minimum absolute atomic E-state index is 0.528. The molecule has 0 saturated heterocycles. The molecule has 1 N–H and O–H groups in total. The van der Waals surface area contributed by atoms with E-state index < -0.39 is 0 Å². The van der Waals surface area contributed by atoms with Crippen molar-refractivity contribution in [3.05, 3.63) is 18.6 Å². The highest BCUT2D eigenvalue weighted by atomic mass is 15.6. The van der Waals surface area contributed by atoms with Gasteiger partial charge in [0.1, 0.15) is 0 Å². The van der Waals surface area contributed by atoms with Gasteiger partial charge < -0.3 is 5.32 Å². The zero-order valence-corrected chi connectivity index (χ0v) is 6.92. The lowest BCUT2D eigenvalue weighted by Gasteiger charge is -2.00. The third-order valence-electron chi connectivity index (χ3n) is 1.42. The van der Waals surface area contributed by atoms with Crippen molar-refractivity contribution in [2.75, 3.05) is 5.32 Å². The van der Waals surface area contributed by atoms with Crippen LogP contribution in [-0.4, -0.2) is 30.2 Å². The van der Waals surface area contributed by atoms with Gasteiger partial charge in [-0.05, 0) is 10.4 Å². The number of nitrogens with one attached hydrogen (secondary N) is 1. The third kappa shape index (κ3) is 1.58. The predicted molar refractivity (Wildman–Crippen MR) is 44.1 cm³/mol. The summed E-state index contributed by atoms with van der Waals surface area (Å²) >= 11 is 0. The predicted octanol–water partition coefficient (Wildman–Crippen LogP) is -0.256. The molecule has 2 aromatic heterocycles. The van der Waals surface area contributed by atoms with Crippen LogP contribution in [0.3, 0.4) is 0 Å². The molecule has 0 fully saturated rings. The van der Waals surface area contributed by atoms with Crippen LogP contribution in [0.25, 0.3) is 0 Å². The molecule has 0 aliphatic heterocycles. The summed E-state index contributed by atoms with van der Waals surface area (Å²) in [6, 6.07) is 0. The maximum absolute atomic E-state index is 4.01. The van der Waals surface area contributed by atoms with Gasteiger partial charge in [0, 0.05) is 19.4 Å². The summed E-state index contributed by atoms with van der Waals surface area (Å²) in [5, 5.41) is 13.8. The second-order valence-corrected chi connectivity index (χ2v) is 2.34. The van der Waals surface area contributed by atoms with E-state index in [1.807, 2.05) is 0 Å². The summed E-state index contributed by atoms with van der Waals surface area (Å²) < 4.78 is 1.51. The van der Waals surface area contributed by atoms with E-state index in [0.717, 1.165) is 0 Å². The zero-order chi connectivity index (χ0) is 9.10. The first-order valence-electron chi connectivity index (χ1n) is 3.61. The molecule has 7 heteroatoms. The Kier molecular flexibility index (Phi) is 1.83. The Morgan fingerprint density at radius 2 is 2.31 bits per heavy atom. The molecule has 0 atom stereocenters. The highest BCUT2D eigenvalue weighted by Crippen LogP contribution is 2.05. The molecule has 66 valence electrons. The fraction of sp³-hybridized carbons (Fsp3) is 0.167. The maximum Gasteiger partial charge on any atom is 0.248 e. The number of anilines is 2. The number of rotatable bonds is 2. The van der Waals surface area contributed by atoms with E-state index in [9.17, 15) is 0 Å². The summed E-state index contributed by atoms with van der Waals surface area (Å²) in [6.45, 7) is 0. The average molecular weight is 177 g/mol. The van der Waals surface area contributed by atoms with Gasteiger partial charge in [0.15, 0.2) is 5.82 Å². The van der Waals surface area contributed by atoms with Crippen LogP contribution < -0.4 is 5.32 Å². The van der Waals surface area contributed by atoms with Crippen LogP contribution in [0.1, 0.15) is 0 Å². The fourth-order valence-corrected chi connectivity index (χ4v) is 0.814. The van der Waals surface area contributed by atoms with Gasteiger partial charge in [-0.2, -0.15) is 0 Å². The average Bonchev–Trinajstić information content (AvgIpc) is 2.54.